The van der Waals surface area contributed by atoms with E-state index in [4.69, 9.17) is 5.73 Å². The van der Waals surface area contributed by atoms with Crippen molar-refractivity contribution in [1.29, 1.82) is 0 Å². The Morgan fingerprint density at radius 2 is 2.10 bits per heavy atom. The van der Waals surface area contributed by atoms with E-state index in [-0.39, 0.29) is 17.6 Å². The fourth-order valence-electron chi connectivity index (χ4n) is 2.86. The van der Waals surface area contributed by atoms with Crippen LogP contribution in [-0.2, 0) is 11.8 Å². The second-order valence-electron chi connectivity index (χ2n) is 5.74. The molecule has 1 aromatic heterocycles. The van der Waals surface area contributed by atoms with Crippen molar-refractivity contribution in [2.75, 3.05) is 19.6 Å². The summed E-state index contributed by atoms with van der Waals surface area (Å²) in [6.07, 6.45) is 1.76. The number of carbonyl (C=O) groups excluding carboxylic acids is 2. The lowest BCUT2D eigenvalue weighted by Gasteiger charge is -2.30. The first-order chi connectivity index (χ1) is 9.40. The molecule has 0 aromatic carbocycles. The van der Waals surface area contributed by atoms with Crippen molar-refractivity contribution in [3.8, 4) is 0 Å². The molecule has 1 aliphatic rings. The smallest absolute Gasteiger partial charge is 0.221 e. The molecule has 0 saturated carbocycles. The average molecular weight is 277 g/mol. The van der Waals surface area contributed by atoms with Crippen molar-refractivity contribution in [3.05, 3.63) is 23.0 Å². The molecule has 2 rings (SSSR count). The molecule has 0 aliphatic carbocycles. The SMILES string of the molecule is Cc1cc(C(=O)CN2CCCC(C(N)=O)C2)c(C)n1C. The number of ketones is 1. The average Bonchev–Trinajstić information content (AvgIpc) is 2.67. The summed E-state index contributed by atoms with van der Waals surface area (Å²) in [6.45, 7) is 5.79. The molecule has 0 spiro atoms. The van der Waals surface area contributed by atoms with E-state index in [9.17, 15) is 9.59 Å². The summed E-state index contributed by atoms with van der Waals surface area (Å²) in [5.74, 6) is -0.250. The first-order valence-corrected chi connectivity index (χ1v) is 7.08. The van der Waals surface area contributed by atoms with Gasteiger partial charge in [-0.15, -0.1) is 0 Å². The summed E-state index contributed by atoms with van der Waals surface area (Å²) in [6, 6.07) is 1.94. The van der Waals surface area contributed by atoms with Crippen LogP contribution < -0.4 is 5.73 Å². The number of amides is 1. The van der Waals surface area contributed by atoms with E-state index in [0.29, 0.717) is 13.1 Å². The molecule has 1 unspecified atom stereocenters. The highest BCUT2D eigenvalue weighted by atomic mass is 16.1. The van der Waals surface area contributed by atoms with Crippen LogP contribution in [0.3, 0.4) is 0 Å². The quantitative estimate of drug-likeness (QED) is 0.836. The van der Waals surface area contributed by atoms with Crippen LogP contribution in [0.4, 0.5) is 0 Å². The van der Waals surface area contributed by atoms with Gasteiger partial charge in [-0.25, -0.2) is 0 Å². The number of aromatic nitrogens is 1. The number of likely N-dealkylation sites (tertiary alicyclic amines) is 1. The van der Waals surface area contributed by atoms with Crippen LogP contribution in [0, 0.1) is 19.8 Å². The summed E-state index contributed by atoms with van der Waals surface area (Å²) >= 11 is 0. The molecule has 0 bridgehead atoms. The zero-order valence-electron chi connectivity index (χ0n) is 12.5. The van der Waals surface area contributed by atoms with Gasteiger partial charge in [-0.05, 0) is 39.3 Å². The van der Waals surface area contributed by atoms with E-state index >= 15 is 0 Å². The number of aryl methyl sites for hydroxylation is 1. The molecule has 2 heterocycles. The highest BCUT2D eigenvalue weighted by Crippen LogP contribution is 2.18. The summed E-state index contributed by atoms with van der Waals surface area (Å²) in [5, 5.41) is 0. The maximum atomic E-state index is 12.4. The maximum Gasteiger partial charge on any atom is 0.221 e. The second kappa shape index (κ2) is 5.79. The van der Waals surface area contributed by atoms with Gasteiger partial charge in [-0.3, -0.25) is 14.5 Å². The number of hydrogen-bond donors (Lipinski definition) is 1. The van der Waals surface area contributed by atoms with Crippen LogP contribution in [-0.4, -0.2) is 40.8 Å². The van der Waals surface area contributed by atoms with Crippen LogP contribution in [0.25, 0.3) is 0 Å². The highest BCUT2D eigenvalue weighted by Gasteiger charge is 2.26. The predicted molar refractivity (Wildman–Crippen MR) is 77.6 cm³/mol. The van der Waals surface area contributed by atoms with Gasteiger partial charge < -0.3 is 10.3 Å². The monoisotopic (exact) mass is 277 g/mol. The van der Waals surface area contributed by atoms with Gasteiger partial charge in [0.05, 0.1) is 12.5 Å². The Hall–Kier alpha value is -1.62. The van der Waals surface area contributed by atoms with Crippen molar-refractivity contribution in [2.45, 2.75) is 26.7 Å². The van der Waals surface area contributed by atoms with Crippen LogP contribution >= 0.6 is 0 Å². The normalized spacial score (nSPS) is 20.1. The molecule has 5 heteroatoms. The van der Waals surface area contributed by atoms with Gasteiger partial charge >= 0.3 is 0 Å². The van der Waals surface area contributed by atoms with E-state index < -0.39 is 0 Å². The number of hydrogen-bond acceptors (Lipinski definition) is 3. The number of nitrogens with zero attached hydrogens (tertiary/aromatic N) is 2. The molecule has 20 heavy (non-hydrogen) atoms. The molecule has 1 saturated heterocycles. The summed E-state index contributed by atoms with van der Waals surface area (Å²) in [7, 11) is 1.96. The third-order valence-electron chi connectivity index (χ3n) is 4.35. The molecule has 2 N–H and O–H groups in total. The Bertz CT molecular complexity index is 533. The molecule has 0 radical (unpaired) electrons. The fraction of sp³-hybridized carbons (Fsp3) is 0.600. The van der Waals surface area contributed by atoms with E-state index in [1.165, 1.54) is 0 Å². The Morgan fingerprint density at radius 1 is 1.40 bits per heavy atom. The number of Topliss-reactive ketones (excluding diaryl/α,β-unsaturated/α-hetero) is 1. The van der Waals surface area contributed by atoms with Crippen molar-refractivity contribution in [2.24, 2.45) is 18.7 Å². The Labute approximate surface area is 119 Å². The third kappa shape index (κ3) is 2.93. The van der Waals surface area contributed by atoms with E-state index in [1.807, 2.05) is 36.4 Å². The number of piperidine rings is 1. The zero-order chi connectivity index (χ0) is 14.9. The number of rotatable bonds is 4. The predicted octanol–water partition coefficient (Wildman–Crippen LogP) is 1.02. The van der Waals surface area contributed by atoms with Gasteiger partial charge in [0.1, 0.15) is 0 Å². The molecule has 5 nitrogen and oxygen atoms in total. The lowest BCUT2D eigenvalue weighted by molar-refractivity contribution is -0.123. The Morgan fingerprint density at radius 3 is 2.65 bits per heavy atom. The minimum atomic E-state index is -0.256. The minimum absolute atomic E-state index is 0.116. The van der Waals surface area contributed by atoms with Gasteiger partial charge in [-0.1, -0.05) is 0 Å². The number of nitrogens with two attached hydrogens (primary N) is 1. The van der Waals surface area contributed by atoms with Gasteiger partial charge in [0.25, 0.3) is 0 Å². The Kier molecular flexibility index (Phi) is 4.28. The van der Waals surface area contributed by atoms with Crippen molar-refractivity contribution in [1.82, 2.24) is 9.47 Å². The van der Waals surface area contributed by atoms with E-state index in [1.54, 1.807) is 0 Å². The molecule has 1 fully saturated rings. The van der Waals surface area contributed by atoms with Crippen LogP contribution in [0.5, 0.6) is 0 Å². The minimum Gasteiger partial charge on any atom is -0.369 e. The summed E-state index contributed by atoms with van der Waals surface area (Å²) < 4.78 is 2.02. The molecular weight excluding hydrogens is 254 g/mol. The molecule has 1 aliphatic heterocycles. The topological polar surface area (TPSA) is 68.3 Å². The summed E-state index contributed by atoms with van der Waals surface area (Å²) in [5.41, 5.74) is 8.23. The first kappa shape index (κ1) is 14.8. The molecule has 1 atom stereocenters. The van der Waals surface area contributed by atoms with Gasteiger partial charge in [-0.2, -0.15) is 0 Å². The number of carbonyl (C=O) groups is 2. The Balaban J connectivity index is 2.04. The summed E-state index contributed by atoms with van der Waals surface area (Å²) in [4.78, 5) is 25.7. The van der Waals surface area contributed by atoms with E-state index in [0.717, 1.165) is 36.3 Å². The maximum absolute atomic E-state index is 12.4. The van der Waals surface area contributed by atoms with Crippen molar-refractivity contribution < 1.29 is 9.59 Å². The van der Waals surface area contributed by atoms with Crippen LogP contribution in [0.1, 0.15) is 34.6 Å². The largest absolute Gasteiger partial charge is 0.369 e. The highest BCUT2D eigenvalue weighted by molar-refractivity contribution is 5.99. The van der Waals surface area contributed by atoms with Gasteiger partial charge in [0.15, 0.2) is 5.78 Å². The molecular formula is C15H23N3O2. The first-order valence-electron chi connectivity index (χ1n) is 7.08. The third-order valence-corrected chi connectivity index (χ3v) is 4.35. The lowest BCUT2D eigenvalue weighted by atomic mass is 9.97. The fourth-order valence-corrected chi connectivity index (χ4v) is 2.86. The van der Waals surface area contributed by atoms with Crippen LogP contribution in [0.2, 0.25) is 0 Å². The lowest BCUT2D eigenvalue weighted by Crippen LogP contribution is -2.43. The number of primary amides is 1. The standard InChI is InChI=1S/C15H23N3O2/c1-10-7-13(11(2)17(10)3)14(19)9-18-6-4-5-12(8-18)15(16)20/h7,12H,4-6,8-9H2,1-3H3,(H2,16,20). The second-order valence-corrected chi connectivity index (χ2v) is 5.74. The van der Waals surface area contributed by atoms with Crippen LogP contribution in [0.15, 0.2) is 6.07 Å². The van der Waals surface area contributed by atoms with Crippen molar-refractivity contribution in [3.63, 3.8) is 0 Å². The zero-order valence-corrected chi connectivity index (χ0v) is 12.5. The molecule has 1 aromatic rings. The van der Waals surface area contributed by atoms with Gasteiger partial charge in [0.2, 0.25) is 5.91 Å². The van der Waals surface area contributed by atoms with E-state index in [2.05, 4.69) is 0 Å². The molecule has 110 valence electrons. The van der Waals surface area contributed by atoms with Gasteiger partial charge in [0, 0.05) is 30.5 Å². The molecule has 1 amide bonds. The van der Waals surface area contributed by atoms with Crippen molar-refractivity contribution >= 4 is 11.7 Å².